The molecule has 2 aromatic rings. The standard InChI is InChI=1S/C25H34N2O/c1-7-19(18-28)17-20(8-2)25(21-9-13-23(14-10-21)26(3)4)22-11-15-24(16-12-22)27(5)6/h9-18,20,25H,7-8H2,1-6H3/b19-17-/t20-/m1/s1. The first-order chi connectivity index (χ1) is 13.4. The van der Waals surface area contributed by atoms with Crippen LogP contribution >= 0.6 is 0 Å². The molecule has 0 heterocycles. The number of rotatable bonds is 9. The molecule has 1 atom stereocenters. The molecule has 0 amide bonds. The Hall–Kier alpha value is -2.55. The first-order valence-electron chi connectivity index (χ1n) is 10.1. The van der Waals surface area contributed by atoms with Gasteiger partial charge in [-0.25, -0.2) is 0 Å². The SMILES string of the molecule is CC/C(C=O)=C/[C@@H](CC)C(c1ccc(N(C)C)cc1)c1ccc(N(C)C)cc1. The highest BCUT2D eigenvalue weighted by Gasteiger charge is 2.23. The average Bonchev–Trinajstić information content (AvgIpc) is 2.71. The molecule has 0 spiro atoms. The van der Waals surface area contributed by atoms with Crippen LogP contribution in [0.3, 0.4) is 0 Å². The molecule has 0 fully saturated rings. The van der Waals surface area contributed by atoms with Gasteiger partial charge in [-0.1, -0.05) is 44.2 Å². The first-order valence-corrected chi connectivity index (χ1v) is 10.1. The third kappa shape index (κ3) is 5.25. The molecule has 2 rings (SSSR count). The molecule has 0 N–H and O–H groups in total. The Morgan fingerprint density at radius 2 is 1.25 bits per heavy atom. The molecule has 0 aliphatic carbocycles. The predicted molar refractivity (Wildman–Crippen MR) is 122 cm³/mol. The van der Waals surface area contributed by atoms with Gasteiger partial charge in [0.15, 0.2) is 0 Å². The molecule has 3 heteroatoms. The van der Waals surface area contributed by atoms with Crippen LogP contribution in [0, 0.1) is 5.92 Å². The van der Waals surface area contributed by atoms with E-state index in [-0.39, 0.29) is 11.8 Å². The van der Waals surface area contributed by atoms with Crippen molar-refractivity contribution in [2.24, 2.45) is 5.92 Å². The normalized spacial score (nSPS) is 12.8. The van der Waals surface area contributed by atoms with Crippen LogP contribution in [-0.2, 0) is 4.79 Å². The third-order valence-corrected chi connectivity index (χ3v) is 5.42. The summed E-state index contributed by atoms with van der Waals surface area (Å²) in [6.45, 7) is 4.24. The van der Waals surface area contributed by atoms with Gasteiger partial charge in [-0.2, -0.15) is 0 Å². The average molecular weight is 379 g/mol. The second kappa shape index (κ2) is 10.1. The molecular formula is C25H34N2O. The zero-order valence-corrected chi connectivity index (χ0v) is 18.1. The van der Waals surface area contributed by atoms with Gasteiger partial charge in [0.1, 0.15) is 6.29 Å². The van der Waals surface area contributed by atoms with Gasteiger partial charge < -0.3 is 9.80 Å². The summed E-state index contributed by atoms with van der Waals surface area (Å²) in [5.74, 6) is 0.495. The molecule has 0 aliphatic rings. The van der Waals surface area contributed by atoms with Gasteiger partial charge in [-0.05, 0) is 59.7 Å². The second-order valence-corrected chi connectivity index (χ2v) is 7.73. The van der Waals surface area contributed by atoms with E-state index in [1.165, 1.54) is 22.5 Å². The van der Waals surface area contributed by atoms with E-state index in [0.717, 1.165) is 24.7 Å². The van der Waals surface area contributed by atoms with E-state index in [9.17, 15) is 4.79 Å². The molecule has 0 bridgehead atoms. The van der Waals surface area contributed by atoms with Gasteiger partial charge in [0.05, 0.1) is 0 Å². The summed E-state index contributed by atoms with van der Waals surface area (Å²) in [5.41, 5.74) is 5.83. The number of nitrogens with zero attached hydrogens (tertiary/aromatic N) is 2. The molecule has 0 unspecified atom stereocenters. The quantitative estimate of drug-likeness (QED) is 0.424. The molecule has 0 saturated carbocycles. The third-order valence-electron chi connectivity index (χ3n) is 5.42. The Labute approximate surface area is 170 Å². The fourth-order valence-electron chi connectivity index (χ4n) is 3.61. The number of benzene rings is 2. The molecule has 28 heavy (non-hydrogen) atoms. The van der Waals surface area contributed by atoms with E-state index in [4.69, 9.17) is 0 Å². The zero-order chi connectivity index (χ0) is 20.7. The molecule has 0 aliphatic heterocycles. The molecule has 0 radical (unpaired) electrons. The highest BCUT2D eigenvalue weighted by molar-refractivity contribution is 5.73. The monoisotopic (exact) mass is 378 g/mol. The molecule has 0 saturated heterocycles. The topological polar surface area (TPSA) is 23.6 Å². The van der Waals surface area contributed by atoms with Crippen molar-refractivity contribution in [3.63, 3.8) is 0 Å². The molecule has 0 aromatic heterocycles. The maximum Gasteiger partial charge on any atom is 0.145 e. The van der Waals surface area contributed by atoms with E-state index in [2.05, 4.69) is 99.5 Å². The van der Waals surface area contributed by atoms with Crippen LogP contribution in [0.2, 0.25) is 0 Å². The number of carbonyl (C=O) groups excluding carboxylic acids is 1. The first kappa shape index (κ1) is 21.7. The van der Waals surface area contributed by atoms with Gasteiger partial charge in [0, 0.05) is 45.5 Å². The van der Waals surface area contributed by atoms with Gasteiger partial charge >= 0.3 is 0 Å². The smallest absolute Gasteiger partial charge is 0.145 e. The largest absolute Gasteiger partial charge is 0.378 e. The van der Waals surface area contributed by atoms with Crippen LogP contribution in [0.25, 0.3) is 0 Å². The summed E-state index contributed by atoms with van der Waals surface area (Å²) in [6.07, 6.45) is 4.93. The van der Waals surface area contributed by atoms with E-state index in [0.29, 0.717) is 0 Å². The van der Waals surface area contributed by atoms with E-state index in [1.54, 1.807) is 0 Å². The minimum atomic E-state index is 0.221. The Bertz CT molecular complexity index is 722. The fourth-order valence-corrected chi connectivity index (χ4v) is 3.61. The maximum atomic E-state index is 11.4. The Morgan fingerprint density at radius 3 is 1.54 bits per heavy atom. The Kier molecular flexibility index (Phi) is 7.86. The number of hydrogen-bond donors (Lipinski definition) is 0. The van der Waals surface area contributed by atoms with Gasteiger partial charge in [-0.15, -0.1) is 0 Å². The maximum absolute atomic E-state index is 11.4. The van der Waals surface area contributed by atoms with Crippen molar-refractivity contribution in [1.29, 1.82) is 0 Å². The number of carbonyl (C=O) groups is 1. The Balaban J connectivity index is 2.53. The van der Waals surface area contributed by atoms with Gasteiger partial charge in [-0.3, -0.25) is 4.79 Å². The van der Waals surface area contributed by atoms with Crippen molar-refractivity contribution in [2.45, 2.75) is 32.6 Å². The molecule has 150 valence electrons. The van der Waals surface area contributed by atoms with E-state index < -0.39 is 0 Å². The van der Waals surface area contributed by atoms with Gasteiger partial charge in [0.25, 0.3) is 0 Å². The number of aldehydes is 1. The summed E-state index contributed by atoms with van der Waals surface area (Å²) in [5, 5.41) is 0. The number of allylic oxidation sites excluding steroid dienone is 2. The fraction of sp³-hybridized carbons (Fsp3) is 0.400. The lowest BCUT2D eigenvalue weighted by Crippen LogP contribution is -2.15. The highest BCUT2D eigenvalue weighted by atomic mass is 16.1. The van der Waals surface area contributed by atoms with Crippen molar-refractivity contribution < 1.29 is 4.79 Å². The van der Waals surface area contributed by atoms with Crippen molar-refractivity contribution >= 4 is 17.7 Å². The molecular weight excluding hydrogens is 344 g/mol. The number of anilines is 2. The van der Waals surface area contributed by atoms with Crippen LogP contribution in [-0.4, -0.2) is 34.5 Å². The molecule has 2 aromatic carbocycles. The molecule has 3 nitrogen and oxygen atoms in total. The van der Waals surface area contributed by atoms with Crippen molar-refractivity contribution in [3.05, 3.63) is 71.3 Å². The lowest BCUT2D eigenvalue weighted by molar-refractivity contribution is -0.105. The summed E-state index contributed by atoms with van der Waals surface area (Å²) in [4.78, 5) is 15.7. The summed E-state index contributed by atoms with van der Waals surface area (Å²) >= 11 is 0. The van der Waals surface area contributed by atoms with Crippen molar-refractivity contribution in [3.8, 4) is 0 Å². The summed E-state index contributed by atoms with van der Waals surface area (Å²) in [6, 6.07) is 17.6. The Morgan fingerprint density at radius 1 is 0.821 bits per heavy atom. The van der Waals surface area contributed by atoms with Crippen molar-refractivity contribution in [1.82, 2.24) is 0 Å². The lowest BCUT2D eigenvalue weighted by atomic mass is 9.78. The van der Waals surface area contributed by atoms with E-state index in [1.807, 2.05) is 6.92 Å². The summed E-state index contributed by atoms with van der Waals surface area (Å²) in [7, 11) is 8.23. The minimum Gasteiger partial charge on any atom is -0.378 e. The lowest BCUT2D eigenvalue weighted by Gasteiger charge is -2.27. The van der Waals surface area contributed by atoms with Crippen molar-refractivity contribution in [2.75, 3.05) is 38.0 Å². The highest BCUT2D eigenvalue weighted by Crippen LogP contribution is 2.37. The van der Waals surface area contributed by atoms with Crippen LogP contribution in [0.1, 0.15) is 43.7 Å². The van der Waals surface area contributed by atoms with Crippen LogP contribution in [0.4, 0.5) is 11.4 Å². The van der Waals surface area contributed by atoms with Gasteiger partial charge in [0.2, 0.25) is 0 Å². The predicted octanol–water partition coefficient (Wildman–Crippen LogP) is 5.51. The van der Waals surface area contributed by atoms with Crippen LogP contribution in [0.5, 0.6) is 0 Å². The summed E-state index contributed by atoms with van der Waals surface area (Å²) < 4.78 is 0. The van der Waals surface area contributed by atoms with Crippen LogP contribution < -0.4 is 9.80 Å². The van der Waals surface area contributed by atoms with E-state index >= 15 is 0 Å². The number of hydrogen-bond acceptors (Lipinski definition) is 3. The minimum absolute atomic E-state index is 0.221. The zero-order valence-electron chi connectivity index (χ0n) is 18.1. The second-order valence-electron chi connectivity index (χ2n) is 7.73. The van der Waals surface area contributed by atoms with Crippen LogP contribution in [0.15, 0.2) is 60.2 Å².